The number of hydrogen-bond donors (Lipinski definition) is 2. The lowest BCUT2D eigenvalue weighted by Gasteiger charge is -2.08. The second-order valence-corrected chi connectivity index (χ2v) is 4.89. The highest BCUT2D eigenvalue weighted by Crippen LogP contribution is 2.28. The molecule has 0 atom stereocenters. The van der Waals surface area contributed by atoms with Gasteiger partial charge in [0.05, 0.1) is 0 Å². The topological polar surface area (TPSA) is 71.3 Å². The van der Waals surface area contributed by atoms with E-state index < -0.39 is 12.5 Å². The fourth-order valence-corrected chi connectivity index (χ4v) is 2.53. The van der Waals surface area contributed by atoms with Gasteiger partial charge in [0, 0.05) is 22.5 Å². The zero-order valence-electron chi connectivity index (χ0n) is 11.2. The van der Waals surface area contributed by atoms with Crippen molar-refractivity contribution >= 4 is 34.4 Å². The summed E-state index contributed by atoms with van der Waals surface area (Å²) in [5, 5.41) is 12.5. The van der Waals surface area contributed by atoms with Gasteiger partial charge in [-0.2, -0.15) is 0 Å². The summed E-state index contributed by atoms with van der Waals surface area (Å²) in [6, 6.07) is 5.45. The van der Waals surface area contributed by atoms with Crippen LogP contribution in [0.3, 0.4) is 0 Å². The van der Waals surface area contributed by atoms with Crippen LogP contribution < -0.4 is 5.32 Å². The van der Waals surface area contributed by atoms with Gasteiger partial charge < -0.3 is 15.0 Å². The lowest BCUT2D eigenvalue weighted by atomic mass is 10.1. The Hall–Kier alpha value is -2.01. The van der Waals surface area contributed by atoms with Crippen molar-refractivity contribution in [3.63, 3.8) is 0 Å². The number of aliphatic carboxylic acids is 1. The van der Waals surface area contributed by atoms with Crippen molar-refractivity contribution in [1.29, 1.82) is 0 Å². The molecular weight excluding hydrogens is 280 g/mol. The number of halogens is 1. The number of rotatable bonds is 4. The quantitative estimate of drug-likeness (QED) is 0.910. The molecule has 2 aromatic rings. The molecule has 0 saturated carbocycles. The molecule has 6 heteroatoms. The van der Waals surface area contributed by atoms with Crippen molar-refractivity contribution in [3.05, 3.63) is 34.5 Å². The van der Waals surface area contributed by atoms with Gasteiger partial charge in [0.25, 0.3) is 5.91 Å². The van der Waals surface area contributed by atoms with Gasteiger partial charge in [-0.15, -0.1) is 0 Å². The minimum atomic E-state index is -1.07. The molecule has 0 radical (unpaired) electrons. The number of carbonyl (C=O) groups excluding carboxylic acids is 1. The third kappa shape index (κ3) is 2.49. The molecule has 20 heavy (non-hydrogen) atoms. The van der Waals surface area contributed by atoms with E-state index in [9.17, 15) is 9.59 Å². The summed E-state index contributed by atoms with van der Waals surface area (Å²) in [6.45, 7) is 3.98. The highest BCUT2D eigenvalue weighted by molar-refractivity contribution is 6.31. The first-order valence-electron chi connectivity index (χ1n) is 6.24. The van der Waals surface area contributed by atoms with Crippen molar-refractivity contribution in [3.8, 4) is 0 Å². The Morgan fingerprint density at radius 1 is 1.40 bits per heavy atom. The second-order valence-electron chi connectivity index (χ2n) is 4.46. The smallest absolute Gasteiger partial charge is 0.322 e. The Kier molecular flexibility index (Phi) is 3.99. The van der Waals surface area contributed by atoms with Crippen molar-refractivity contribution < 1.29 is 14.7 Å². The van der Waals surface area contributed by atoms with Gasteiger partial charge in [-0.3, -0.25) is 9.59 Å². The maximum Gasteiger partial charge on any atom is 0.322 e. The summed E-state index contributed by atoms with van der Waals surface area (Å²) in [5.74, 6) is -1.46. The Morgan fingerprint density at radius 2 is 2.10 bits per heavy atom. The van der Waals surface area contributed by atoms with Crippen LogP contribution in [-0.4, -0.2) is 28.1 Å². The van der Waals surface area contributed by atoms with E-state index in [0.29, 0.717) is 17.3 Å². The van der Waals surface area contributed by atoms with Crippen LogP contribution in [0.2, 0.25) is 5.02 Å². The van der Waals surface area contributed by atoms with E-state index in [0.717, 1.165) is 16.5 Å². The molecule has 2 N–H and O–H groups in total. The summed E-state index contributed by atoms with van der Waals surface area (Å²) >= 11 is 5.99. The van der Waals surface area contributed by atoms with Gasteiger partial charge in [-0.25, -0.2) is 0 Å². The molecule has 106 valence electrons. The Balaban J connectivity index is 2.54. The van der Waals surface area contributed by atoms with Crippen LogP contribution in [0, 0.1) is 6.92 Å². The first-order valence-corrected chi connectivity index (χ1v) is 6.61. The molecule has 0 unspecified atom stereocenters. The van der Waals surface area contributed by atoms with Crippen LogP contribution in [0.25, 0.3) is 10.9 Å². The van der Waals surface area contributed by atoms with Crippen molar-refractivity contribution in [1.82, 2.24) is 9.88 Å². The Morgan fingerprint density at radius 3 is 2.70 bits per heavy atom. The molecule has 1 heterocycles. The molecular formula is C14H15ClN2O3. The maximum absolute atomic E-state index is 12.2. The van der Waals surface area contributed by atoms with Crippen LogP contribution in [0.15, 0.2) is 18.2 Å². The van der Waals surface area contributed by atoms with Gasteiger partial charge >= 0.3 is 5.97 Å². The zero-order valence-corrected chi connectivity index (χ0v) is 12.0. The van der Waals surface area contributed by atoms with E-state index in [1.54, 1.807) is 6.07 Å². The molecule has 1 aromatic carbocycles. The molecule has 5 nitrogen and oxygen atoms in total. The number of carboxylic acids is 1. The number of hydrogen-bond acceptors (Lipinski definition) is 2. The van der Waals surface area contributed by atoms with Crippen LogP contribution in [0.5, 0.6) is 0 Å². The average molecular weight is 295 g/mol. The van der Waals surface area contributed by atoms with Crippen molar-refractivity contribution in [2.45, 2.75) is 20.4 Å². The van der Waals surface area contributed by atoms with Gasteiger partial charge in [0.2, 0.25) is 0 Å². The van der Waals surface area contributed by atoms with Crippen LogP contribution in [0.1, 0.15) is 23.0 Å². The SMILES string of the molecule is CCn1c(C(=O)NCC(=O)O)c(C)c2cc(Cl)ccc21. The number of nitrogens with zero attached hydrogens (tertiary/aromatic N) is 1. The fourth-order valence-electron chi connectivity index (χ4n) is 2.36. The largest absolute Gasteiger partial charge is 0.480 e. The zero-order chi connectivity index (χ0) is 14.9. The van der Waals surface area contributed by atoms with Gasteiger partial charge in [-0.05, 0) is 37.6 Å². The molecule has 1 amide bonds. The molecule has 0 fully saturated rings. The lowest BCUT2D eigenvalue weighted by molar-refractivity contribution is -0.135. The Bertz CT molecular complexity index is 691. The van der Waals surface area contributed by atoms with Gasteiger partial charge in [0.1, 0.15) is 12.2 Å². The molecule has 0 spiro atoms. The predicted molar refractivity (Wildman–Crippen MR) is 77.3 cm³/mol. The Labute approximate surface area is 121 Å². The number of amides is 1. The molecule has 0 aliphatic heterocycles. The van der Waals surface area contributed by atoms with E-state index in [1.807, 2.05) is 30.5 Å². The van der Waals surface area contributed by atoms with E-state index in [-0.39, 0.29) is 5.91 Å². The van der Waals surface area contributed by atoms with Crippen molar-refractivity contribution in [2.24, 2.45) is 0 Å². The normalized spacial score (nSPS) is 10.8. The molecule has 2 rings (SSSR count). The molecule has 1 aromatic heterocycles. The number of carbonyl (C=O) groups is 2. The van der Waals surface area contributed by atoms with Crippen LogP contribution in [-0.2, 0) is 11.3 Å². The number of fused-ring (bicyclic) bond motifs is 1. The predicted octanol–water partition coefficient (Wildman–Crippen LogP) is 2.44. The van der Waals surface area contributed by atoms with Crippen LogP contribution in [0.4, 0.5) is 0 Å². The maximum atomic E-state index is 12.2. The van der Waals surface area contributed by atoms with Gasteiger partial charge in [-0.1, -0.05) is 11.6 Å². The summed E-state index contributed by atoms with van der Waals surface area (Å²) < 4.78 is 1.86. The minimum Gasteiger partial charge on any atom is -0.480 e. The summed E-state index contributed by atoms with van der Waals surface area (Å²) in [4.78, 5) is 22.7. The molecule has 0 bridgehead atoms. The number of aryl methyl sites for hydroxylation is 2. The average Bonchev–Trinajstić information content (AvgIpc) is 2.68. The standard InChI is InChI=1S/C14H15ClN2O3/c1-3-17-11-5-4-9(15)6-10(11)8(2)13(17)14(20)16-7-12(18)19/h4-6H,3,7H2,1-2H3,(H,16,20)(H,18,19). The number of nitrogens with one attached hydrogen (secondary N) is 1. The highest BCUT2D eigenvalue weighted by atomic mass is 35.5. The molecule has 0 aliphatic rings. The molecule has 0 aliphatic carbocycles. The lowest BCUT2D eigenvalue weighted by Crippen LogP contribution is -2.31. The first-order chi connectivity index (χ1) is 9.45. The van der Waals surface area contributed by atoms with E-state index in [4.69, 9.17) is 16.7 Å². The van der Waals surface area contributed by atoms with E-state index in [2.05, 4.69) is 5.32 Å². The number of aromatic nitrogens is 1. The van der Waals surface area contributed by atoms with Crippen LogP contribution >= 0.6 is 11.6 Å². The second kappa shape index (κ2) is 5.54. The van der Waals surface area contributed by atoms with E-state index >= 15 is 0 Å². The molecule has 0 saturated heterocycles. The monoisotopic (exact) mass is 294 g/mol. The minimum absolute atomic E-state index is 0.390. The first kappa shape index (κ1) is 14.4. The van der Waals surface area contributed by atoms with E-state index in [1.165, 1.54) is 0 Å². The summed E-state index contributed by atoms with van der Waals surface area (Å²) in [6.07, 6.45) is 0. The summed E-state index contributed by atoms with van der Waals surface area (Å²) in [7, 11) is 0. The fraction of sp³-hybridized carbons (Fsp3) is 0.286. The highest BCUT2D eigenvalue weighted by Gasteiger charge is 2.19. The van der Waals surface area contributed by atoms with Crippen molar-refractivity contribution in [2.75, 3.05) is 6.54 Å². The third-order valence-corrected chi connectivity index (χ3v) is 3.45. The summed E-state index contributed by atoms with van der Waals surface area (Å²) in [5.41, 5.74) is 2.19. The third-order valence-electron chi connectivity index (χ3n) is 3.21. The van der Waals surface area contributed by atoms with Gasteiger partial charge in [0.15, 0.2) is 0 Å². The number of benzene rings is 1. The number of carboxylic acid groups (broad SMARTS) is 1.